The monoisotopic (exact) mass is 342 g/mol. The van der Waals surface area contributed by atoms with Gasteiger partial charge >= 0.3 is 0 Å². The number of hydrogen-bond acceptors (Lipinski definition) is 4. The van der Waals surface area contributed by atoms with Crippen LogP contribution in [-0.4, -0.2) is 38.3 Å². The summed E-state index contributed by atoms with van der Waals surface area (Å²) in [7, 11) is 0. The van der Waals surface area contributed by atoms with E-state index in [1.54, 1.807) is 12.1 Å². The van der Waals surface area contributed by atoms with Crippen LogP contribution >= 0.6 is 0 Å². The van der Waals surface area contributed by atoms with Gasteiger partial charge in [-0.1, -0.05) is 12.1 Å². The Hall–Kier alpha value is -1.75. The summed E-state index contributed by atoms with van der Waals surface area (Å²) >= 11 is 0. The van der Waals surface area contributed by atoms with E-state index in [0.717, 1.165) is 32.1 Å². The molecular weight excluding hydrogens is 316 g/mol. The Morgan fingerprint density at radius 1 is 1.08 bits per heavy atom. The lowest BCUT2D eigenvalue weighted by Crippen LogP contribution is -2.80. The molecule has 2 N–H and O–H groups in total. The van der Waals surface area contributed by atoms with Gasteiger partial charge in [0, 0.05) is 0 Å². The first-order chi connectivity index (χ1) is 11.8. The summed E-state index contributed by atoms with van der Waals surface area (Å²) in [5.74, 6) is 1.67. The van der Waals surface area contributed by atoms with Crippen molar-refractivity contribution in [2.75, 3.05) is 5.01 Å². The molecule has 5 fully saturated rings. The Morgan fingerprint density at radius 3 is 2.32 bits per heavy atom. The average molecular weight is 342 g/mol. The standard InChI is InChI=1S/C20H26N2O3/c1-19(2)18(24)21(22(19)15-5-3-4-6-16(15)23)17-13-7-12-8-14(17)11-20(25,9-12)10-13/h3-6,12-14,17,23,25H,7-11H2,1-2H3/t12?,13-,14-,17?,20?/m0/s1. The molecule has 1 heterocycles. The van der Waals surface area contributed by atoms with Crippen molar-refractivity contribution < 1.29 is 15.0 Å². The number of amides is 1. The molecule has 4 saturated carbocycles. The van der Waals surface area contributed by atoms with Crippen LogP contribution in [0.4, 0.5) is 5.69 Å². The zero-order valence-electron chi connectivity index (χ0n) is 14.9. The summed E-state index contributed by atoms with van der Waals surface area (Å²) in [5.41, 5.74) is -0.458. The van der Waals surface area contributed by atoms with Crippen LogP contribution in [0.15, 0.2) is 24.3 Å². The Kier molecular flexibility index (Phi) is 2.91. The number of rotatable bonds is 2. The van der Waals surface area contributed by atoms with E-state index < -0.39 is 11.1 Å². The molecule has 0 aromatic heterocycles. The molecule has 1 aromatic carbocycles. The maximum atomic E-state index is 13.0. The van der Waals surface area contributed by atoms with Gasteiger partial charge in [-0.25, -0.2) is 5.01 Å². The Bertz CT molecular complexity index is 730. The third-order valence-electron chi connectivity index (χ3n) is 7.06. The molecule has 2 atom stereocenters. The number of carbonyl (C=O) groups excluding carboxylic acids is 1. The lowest BCUT2D eigenvalue weighted by molar-refractivity contribution is -0.190. The summed E-state index contributed by atoms with van der Waals surface area (Å²) in [4.78, 5) is 13.0. The fourth-order valence-corrected chi connectivity index (χ4v) is 6.37. The number of para-hydroxylation sites is 2. The third kappa shape index (κ3) is 1.96. The quantitative estimate of drug-likeness (QED) is 0.867. The van der Waals surface area contributed by atoms with Gasteiger partial charge in [0.25, 0.3) is 5.91 Å². The van der Waals surface area contributed by atoms with E-state index in [9.17, 15) is 15.0 Å². The molecule has 1 amide bonds. The summed E-state index contributed by atoms with van der Waals surface area (Å²) in [5, 5.41) is 25.1. The van der Waals surface area contributed by atoms with Crippen LogP contribution in [-0.2, 0) is 4.79 Å². The molecular formula is C20H26N2O3. The number of hydrogen-bond donors (Lipinski definition) is 2. The first kappa shape index (κ1) is 15.5. The second kappa shape index (κ2) is 4.70. The lowest BCUT2D eigenvalue weighted by atomic mass is 9.52. The number of anilines is 1. The Morgan fingerprint density at radius 2 is 1.72 bits per heavy atom. The summed E-state index contributed by atoms with van der Waals surface area (Å²) < 4.78 is 0. The van der Waals surface area contributed by atoms with Gasteiger partial charge < -0.3 is 10.2 Å². The van der Waals surface area contributed by atoms with Crippen molar-refractivity contribution >= 4 is 11.6 Å². The minimum absolute atomic E-state index is 0.125. The van der Waals surface area contributed by atoms with Crippen molar-refractivity contribution in [3.63, 3.8) is 0 Å². The van der Waals surface area contributed by atoms with E-state index in [1.807, 2.05) is 36.0 Å². The first-order valence-corrected chi connectivity index (χ1v) is 9.44. The Balaban J connectivity index is 1.53. The summed E-state index contributed by atoms with van der Waals surface area (Å²) in [6.45, 7) is 3.84. The molecule has 1 saturated heterocycles. The molecule has 5 heteroatoms. The maximum Gasteiger partial charge on any atom is 0.268 e. The SMILES string of the molecule is CC1(C)C(=O)N(C2[C@H]3CC4C[C@H]2CC(O)(C4)C3)N1c1ccccc1O. The zero-order chi connectivity index (χ0) is 17.6. The normalized spacial score (nSPS) is 41.2. The molecule has 134 valence electrons. The summed E-state index contributed by atoms with van der Waals surface area (Å²) in [6.07, 6.45) is 4.78. The summed E-state index contributed by atoms with van der Waals surface area (Å²) in [6, 6.07) is 7.39. The lowest BCUT2D eigenvalue weighted by Gasteiger charge is -2.66. The van der Waals surface area contributed by atoms with E-state index >= 15 is 0 Å². The van der Waals surface area contributed by atoms with Crippen molar-refractivity contribution in [3.05, 3.63) is 24.3 Å². The molecule has 5 nitrogen and oxygen atoms in total. The van der Waals surface area contributed by atoms with Gasteiger partial charge in [0.1, 0.15) is 17.0 Å². The van der Waals surface area contributed by atoms with Crippen LogP contribution in [0.2, 0.25) is 0 Å². The number of benzene rings is 1. The largest absolute Gasteiger partial charge is 0.506 e. The van der Waals surface area contributed by atoms with Crippen LogP contribution < -0.4 is 5.01 Å². The van der Waals surface area contributed by atoms with E-state index in [4.69, 9.17) is 0 Å². The van der Waals surface area contributed by atoms with Crippen molar-refractivity contribution in [1.29, 1.82) is 0 Å². The maximum absolute atomic E-state index is 13.0. The molecule has 1 aromatic rings. The molecule has 4 bridgehead atoms. The minimum Gasteiger partial charge on any atom is -0.506 e. The smallest absolute Gasteiger partial charge is 0.268 e. The number of phenolic OH excluding ortho intramolecular Hbond substituents is 1. The number of aromatic hydroxyl groups is 1. The molecule has 1 aliphatic heterocycles. The number of nitrogens with zero attached hydrogens (tertiary/aromatic N) is 2. The number of phenols is 1. The Labute approximate surface area is 148 Å². The number of carbonyl (C=O) groups is 1. The molecule has 0 spiro atoms. The van der Waals surface area contributed by atoms with Crippen molar-refractivity contribution in [2.45, 2.75) is 63.1 Å². The van der Waals surface area contributed by atoms with Gasteiger partial charge in [-0.15, -0.1) is 0 Å². The first-order valence-electron chi connectivity index (χ1n) is 9.44. The fourth-order valence-electron chi connectivity index (χ4n) is 6.37. The van der Waals surface area contributed by atoms with Gasteiger partial charge in [0.15, 0.2) is 0 Å². The predicted molar refractivity (Wildman–Crippen MR) is 93.8 cm³/mol. The van der Waals surface area contributed by atoms with Gasteiger partial charge in [-0.3, -0.25) is 9.80 Å². The average Bonchev–Trinajstić information content (AvgIpc) is 2.53. The minimum atomic E-state index is -0.648. The highest BCUT2D eigenvalue weighted by molar-refractivity contribution is 5.98. The van der Waals surface area contributed by atoms with Crippen LogP contribution in [0.5, 0.6) is 5.75 Å². The predicted octanol–water partition coefficient (Wildman–Crippen LogP) is 2.67. The molecule has 5 aliphatic rings. The highest BCUT2D eigenvalue weighted by atomic mass is 16.3. The van der Waals surface area contributed by atoms with E-state index in [1.165, 1.54) is 0 Å². The van der Waals surface area contributed by atoms with E-state index in [0.29, 0.717) is 23.4 Å². The molecule has 6 rings (SSSR count). The van der Waals surface area contributed by atoms with Gasteiger partial charge in [0.2, 0.25) is 0 Å². The second-order valence-corrected chi connectivity index (χ2v) is 9.19. The van der Waals surface area contributed by atoms with Crippen molar-refractivity contribution in [2.24, 2.45) is 17.8 Å². The third-order valence-corrected chi connectivity index (χ3v) is 7.06. The van der Waals surface area contributed by atoms with Crippen LogP contribution in [0.3, 0.4) is 0 Å². The van der Waals surface area contributed by atoms with Crippen molar-refractivity contribution in [3.8, 4) is 5.75 Å². The highest BCUT2D eigenvalue weighted by Gasteiger charge is 2.63. The van der Waals surface area contributed by atoms with Crippen LogP contribution in [0, 0.1) is 17.8 Å². The van der Waals surface area contributed by atoms with E-state index in [-0.39, 0.29) is 17.7 Å². The molecule has 4 aliphatic carbocycles. The number of hydrazine groups is 1. The second-order valence-electron chi connectivity index (χ2n) is 9.19. The molecule has 0 radical (unpaired) electrons. The van der Waals surface area contributed by atoms with E-state index in [2.05, 4.69) is 0 Å². The van der Waals surface area contributed by atoms with Gasteiger partial charge in [-0.2, -0.15) is 0 Å². The van der Waals surface area contributed by atoms with Crippen LogP contribution in [0.25, 0.3) is 0 Å². The topological polar surface area (TPSA) is 64.0 Å². The zero-order valence-corrected chi connectivity index (χ0v) is 14.9. The number of aliphatic hydroxyl groups is 1. The van der Waals surface area contributed by atoms with Gasteiger partial charge in [-0.05, 0) is 75.8 Å². The molecule has 0 unspecified atom stereocenters. The molecule has 25 heavy (non-hydrogen) atoms. The van der Waals surface area contributed by atoms with Gasteiger partial charge in [0.05, 0.1) is 11.6 Å². The fraction of sp³-hybridized carbons (Fsp3) is 0.650. The van der Waals surface area contributed by atoms with Crippen LogP contribution in [0.1, 0.15) is 46.0 Å². The van der Waals surface area contributed by atoms with Crippen molar-refractivity contribution in [1.82, 2.24) is 5.01 Å². The highest BCUT2D eigenvalue weighted by Crippen LogP contribution is 2.59.